The van der Waals surface area contributed by atoms with Gasteiger partial charge in [-0.15, -0.1) is 0 Å². The summed E-state index contributed by atoms with van der Waals surface area (Å²) in [6.07, 6.45) is 6.50. The van der Waals surface area contributed by atoms with Crippen LogP contribution in [-0.2, 0) is 0 Å². The maximum atomic E-state index is 5.68. The van der Waals surface area contributed by atoms with Gasteiger partial charge in [0.2, 0.25) is 0 Å². The number of nitrogens with two attached hydrogens (primary N) is 1. The molecule has 0 spiro atoms. The molecule has 108 valence electrons. The van der Waals surface area contributed by atoms with Crippen LogP contribution < -0.4 is 11.1 Å². The lowest BCUT2D eigenvalue weighted by molar-refractivity contribution is 0.472. The van der Waals surface area contributed by atoms with E-state index in [2.05, 4.69) is 34.1 Å². The van der Waals surface area contributed by atoms with E-state index in [0.717, 1.165) is 17.7 Å². The lowest BCUT2D eigenvalue weighted by atomic mass is 9.99. The molecule has 2 rings (SSSR count). The van der Waals surface area contributed by atoms with Crippen molar-refractivity contribution in [1.29, 1.82) is 0 Å². The summed E-state index contributed by atoms with van der Waals surface area (Å²) in [6.45, 7) is 5.41. The monoisotopic (exact) mass is 273 g/mol. The first-order valence-electron chi connectivity index (χ1n) is 7.35. The predicted molar refractivity (Wildman–Crippen MR) is 83.5 cm³/mol. The average molecular weight is 273 g/mol. The molecule has 3 N–H and O–H groups in total. The lowest BCUT2D eigenvalue weighted by Gasteiger charge is -2.16. The van der Waals surface area contributed by atoms with Crippen molar-refractivity contribution in [2.45, 2.75) is 39.5 Å². The summed E-state index contributed by atoms with van der Waals surface area (Å²) in [6, 6.07) is 3.71. The van der Waals surface area contributed by atoms with Gasteiger partial charge in [-0.3, -0.25) is 0 Å². The highest BCUT2D eigenvalue weighted by atomic mass is 15.0. The fraction of sp³-hybridized carbons (Fsp3) is 0.533. The molecule has 0 radical (unpaired) electrons. The Bertz CT molecular complexity index is 555. The van der Waals surface area contributed by atoms with Crippen molar-refractivity contribution < 1.29 is 0 Å². The van der Waals surface area contributed by atoms with Crippen molar-refractivity contribution in [3.8, 4) is 0 Å². The average Bonchev–Trinajstić information content (AvgIpc) is 2.47. The van der Waals surface area contributed by atoms with Gasteiger partial charge in [-0.25, -0.2) is 15.0 Å². The molecule has 2 heterocycles. The van der Waals surface area contributed by atoms with Crippen molar-refractivity contribution in [3.63, 3.8) is 0 Å². The number of hydrogen-bond donors (Lipinski definition) is 2. The van der Waals surface area contributed by atoms with Crippen LogP contribution in [0.3, 0.4) is 0 Å². The molecule has 0 fully saturated rings. The zero-order valence-corrected chi connectivity index (χ0v) is 12.3. The van der Waals surface area contributed by atoms with E-state index in [4.69, 9.17) is 5.73 Å². The molecule has 20 heavy (non-hydrogen) atoms. The number of hydrogen-bond acceptors (Lipinski definition) is 5. The Morgan fingerprint density at radius 1 is 1.25 bits per heavy atom. The van der Waals surface area contributed by atoms with Gasteiger partial charge in [-0.2, -0.15) is 0 Å². The number of aromatic nitrogens is 3. The smallest absolute Gasteiger partial charge is 0.166 e. The first-order valence-corrected chi connectivity index (χ1v) is 7.35. The van der Waals surface area contributed by atoms with Gasteiger partial charge in [0.1, 0.15) is 18.0 Å². The molecule has 2 aromatic heterocycles. The third-order valence-corrected chi connectivity index (χ3v) is 3.62. The fourth-order valence-electron chi connectivity index (χ4n) is 2.28. The van der Waals surface area contributed by atoms with Crippen LogP contribution in [0, 0.1) is 5.92 Å². The molecule has 1 atom stereocenters. The van der Waals surface area contributed by atoms with E-state index in [0.29, 0.717) is 17.4 Å². The van der Waals surface area contributed by atoms with Crippen LogP contribution in [-0.4, -0.2) is 21.5 Å². The molecule has 2 aromatic rings. The van der Waals surface area contributed by atoms with Crippen LogP contribution in [0.4, 0.5) is 11.6 Å². The Kier molecular flexibility index (Phi) is 5.09. The number of anilines is 2. The normalized spacial score (nSPS) is 12.5. The number of pyridine rings is 1. The van der Waals surface area contributed by atoms with Crippen molar-refractivity contribution in [2.24, 2.45) is 5.92 Å². The van der Waals surface area contributed by atoms with E-state index in [-0.39, 0.29) is 0 Å². The minimum Gasteiger partial charge on any atom is -0.384 e. The van der Waals surface area contributed by atoms with Crippen molar-refractivity contribution in [3.05, 3.63) is 18.5 Å². The molecule has 0 saturated carbocycles. The van der Waals surface area contributed by atoms with E-state index >= 15 is 0 Å². The summed E-state index contributed by atoms with van der Waals surface area (Å²) in [4.78, 5) is 12.7. The van der Waals surface area contributed by atoms with Crippen molar-refractivity contribution >= 4 is 22.7 Å². The van der Waals surface area contributed by atoms with Gasteiger partial charge in [0.05, 0.1) is 5.39 Å². The van der Waals surface area contributed by atoms with Crippen molar-refractivity contribution in [2.75, 3.05) is 17.6 Å². The summed E-state index contributed by atoms with van der Waals surface area (Å²) in [5, 5.41) is 4.36. The SMILES string of the molecule is CCCCC(CC)CNc1ncnc2nc(N)ccc12. The van der Waals surface area contributed by atoms with E-state index < -0.39 is 0 Å². The Labute approximate surface area is 120 Å². The molecule has 0 saturated heterocycles. The summed E-state index contributed by atoms with van der Waals surface area (Å²) in [7, 11) is 0. The summed E-state index contributed by atoms with van der Waals surface area (Å²) in [5.74, 6) is 2.01. The summed E-state index contributed by atoms with van der Waals surface area (Å²) >= 11 is 0. The minimum atomic E-state index is 0.483. The maximum absolute atomic E-state index is 5.68. The second kappa shape index (κ2) is 7.03. The number of nitrogens with one attached hydrogen (secondary N) is 1. The molecule has 0 aliphatic rings. The van der Waals surface area contributed by atoms with E-state index in [1.807, 2.05) is 6.07 Å². The van der Waals surface area contributed by atoms with E-state index in [1.54, 1.807) is 6.07 Å². The molecule has 0 aliphatic carbocycles. The van der Waals surface area contributed by atoms with Gasteiger partial charge in [0, 0.05) is 6.54 Å². The number of fused-ring (bicyclic) bond motifs is 1. The van der Waals surface area contributed by atoms with Gasteiger partial charge in [0.15, 0.2) is 5.65 Å². The van der Waals surface area contributed by atoms with Crippen LogP contribution >= 0.6 is 0 Å². The van der Waals surface area contributed by atoms with Crippen LogP contribution in [0.2, 0.25) is 0 Å². The van der Waals surface area contributed by atoms with Crippen LogP contribution in [0.1, 0.15) is 39.5 Å². The first kappa shape index (κ1) is 14.5. The van der Waals surface area contributed by atoms with Crippen molar-refractivity contribution in [1.82, 2.24) is 15.0 Å². The van der Waals surface area contributed by atoms with Gasteiger partial charge >= 0.3 is 0 Å². The Balaban J connectivity index is 2.09. The van der Waals surface area contributed by atoms with Gasteiger partial charge in [-0.05, 0) is 24.5 Å². The van der Waals surface area contributed by atoms with Gasteiger partial charge in [0.25, 0.3) is 0 Å². The molecule has 5 nitrogen and oxygen atoms in total. The van der Waals surface area contributed by atoms with E-state index in [9.17, 15) is 0 Å². The second-order valence-corrected chi connectivity index (χ2v) is 5.13. The molecule has 1 unspecified atom stereocenters. The zero-order valence-electron chi connectivity index (χ0n) is 12.3. The molecule has 0 bridgehead atoms. The van der Waals surface area contributed by atoms with Gasteiger partial charge < -0.3 is 11.1 Å². The minimum absolute atomic E-state index is 0.483. The largest absolute Gasteiger partial charge is 0.384 e. The molecule has 0 amide bonds. The van der Waals surface area contributed by atoms with Crippen LogP contribution in [0.15, 0.2) is 18.5 Å². The Morgan fingerprint density at radius 3 is 2.85 bits per heavy atom. The maximum Gasteiger partial charge on any atom is 0.166 e. The number of nitrogens with zero attached hydrogens (tertiary/aromatic N) is 3. The highest BCUT2D eigenvalue weighted by molar-refractivity contribution is 5.86. The quantitative estimate of drug-likeness (QED) is 0.810. The third kappa shape index (κ3) is 3.56. The highest BCUT2D eigenvalue weighted by Gasteiger charge is 2.09. The molecular formula is C15H23N5. The second-order valence-electron chi connectivity index (χ2n) is 5.13. The van der Waals surface area contributed by atoms with Crippen LogP contribution in [0.5, 0.6) is 0 Å². The Morgan fingerprint density at radius 2 is 2.10 bits per heavy atom. The molecule has 0 aliphatic heterocycles. The number of nitrogen functional groups attached to an aromatic ring is 1. The topological polar surface area (TPSA) is 76.7 Å². The predicted octanol–water partition coefficient (Wildman–Crippen LogP) is 3.24. The molecular weight excluding hydrogens is 250 g/mol. The molecule has 0 aromatic carbocycles. The summed E-state index contributed by atoms with van der Waals surface area (Å²) in [5.41, 5.74) is 6.32. The standard InChI is InChI=1S/C15H23N5/c1-3-5-6-11(4-2)9-17-14-12-7-8-13(16)20-15(12)19-10-18-14/h7-8,10-11H,3-6,9H2,1-2H3,(H3,16,17,18,19,20). The van der Waals surface area contributed by atoms with Gasteiger partial charge in [-0.1, -0.05) is 33.1 Å². The third-order valence-electron chi connectivity index (χ3n) is 3.62. The Hall–Kier alpha value is -1.91. The van der Waals surface area contributed by atoms with E-state index in [1.165, 1.54) is 32.0 Å². The fourth-order valence-corrected chi connectivity index (χ4v) is 2.28. The summed E-state index contributed by atoms with van der Waals surface area (Å²) < 4.78 is 0. The highest BCUT2D eigenvalue weighted by Crippen LogP contribution is 2.20. The van der Waals surface area contributed by atoms with Crippen LogP contribution in [0.25, 0.3) is 11.0 Å². The molecule has 5 heteroatoms. The number of rotatable bonds is 7. The lowest BCUT2D eigenvalue weighted by Crippen LogP contribution is -2.15. The zero-order chi connectivity index (χ0) is 14.4. The number of unbranched alkanes of at least 4 members (excludes halogenated alkanes) is 1. The first-order chi connectivity index (χ1) is 9.74.